The van der Waals surface area contributed by atoms with Crippen LogP contribution in [0.5, 0.6) is 0 Å². The van der Waals surface area contributed by atoms with Crippen molar-refractivity contribution in [1.82, 2.24) is 30.7 Å². The molecule has 0 unspecified atom stereocenters. The van der Waals surface area contributed by atoms with Gasteiger partial charge in [0, 0.05) is 81.6 Å². The van der Waals surface area contributed by atoms with Gasteiger partial charge in [-0.15, -0.1) is 0 Å². The number of aromatic nitrogens is 3. The number of hydrogen-bond donors (Lipinski definition) is 3. The number of rotatable bonds is 6. The second-order valence-corrected chi connectivity index (χ2v) is 7.10. The molecule has 27 heavy (non-hydrogen) atoms. The van der Waals surface area contributed by atoms with E-state index in [0.29, 0.717) is 12.2 Å². The Bertz CT molecular complexity index is 753. The lowest BCUT2D eigenvalue weighted by atomic mass is 10.1. The summed E-state index contributed by atoms with van der Waals surface area (Å²) in [6.07, 6.45) is 5.54. The highest BCUT2D eigenvalue weighted by atomic mass is 16.1. The fourth-order valence-corrected chi connectivity index (χ4v) is 3.79. The molecule has 1 fully saturated rings. The van der Waals surface area contributed by atoms with E-state index in [1.54, 1.807) is 0 Å². The van der Waals surface area contributed by atoms with Gasteiger partial charge in [-0.05, 0) is 25.1 Å². The monoisotopic (exact) mass is 369 g/mol. The Morgan fingerprint density at radius 1 is 1.19 bits per heavy atom. The molecule has 4 heterocycles. The molecule has 0 atom stereocenters. The fourth-order valence-electron chi connectivity index (χ4n) is 3.79. The van der Waals surface area contributed by atoms with Gasteiger partial charge in [-0.3, -0.25) is 19.8 Å². The average molecular weight is 369 g/mol. The Balaban J connectivity index is 1.17. The molecule has 8 heteroatoms. The number of H-pyrrole nitrogens is 1. The van der Waals surface area contributed by atoms with Gasteiger partial charge >= 0.3 is 0 Å². The van der Waals surface area contributed by atoms with Crippen LogP contribution in [0.1, 0.15) is 28.2 Å². The lowest BCUT2D eigenvalue weighted by Gasteiger charge is -2.36. The SMILES string of the molecule is O=C(NCCCN1CCN(c2ccncc2)CC1)c1n[nH]c2c1CNCC2. The number of pyridine rings is 1. The summed E-state index contributed by atoms with van der Waals surface area (Å²) in [5.41, 5.74) is 3.90. The van der Waals surface area contributed by atoms with Gasteiger partial charge in [-0.1, -0.05) is 0 Å². The third kappa shape index (κ3) is 4.28. The van der Waals surface area contributed by atoms with Gasteiger partial charge in [0.05, 0.1) is 0 Å². The molecule has 2 aliphatic heterocycles. The normalized spacial score (nSPS) is 17.6. The van der Waals surface area contributed by atoms with Gasteiger partial charge in [0.1, 0.15) is 0 Å². The third-order valence-electron chi connectivity index (χ3n) is 5.36. The van der Waals surface area contributed by atoms with E-state index in [2.05, 4.69) is 47.7 Å². The molecular formula is C19H27N7O. The summed E-state index contributed by atoms with van der Waals surface area (Å²) in [7, 11) is 0. The Kier molecular flexibility index (Phi) is 5.64. The zero-order valence-electron chi connectivity index (χ0n) is 15.6. The zero-order valence-corrected chi connectivity index (χ0v) is 15.6. The van der Waals surface area contributed by atoms with Crippen molar-refractivity contribution >= 4 is 11.6 Å². The summed E-state index contributed by atoms with van der Waals surface area (Å²) >= 11 is 0. The molecule has 0 aliphatic carbocycles. The Hall–Kier alpha value is -2.45. The third-order valence-corrected chi connectivity index (χ3v) is 5.36. The van der Waals surface area contributed by atoms with Crippen LogP contribution in [-0.4, -0.2) is 71.8 Å². The summed E-state index contributed by atoms with van der Waals surface area (Å²) in [6.45, 7) is 7.50. The zero-order chi connectivity index (χ0) is 18.5. The molecule has 1 saturated heterocycles. The second kappa shape index (κ2) is 8.49. The molecule has 3 N–H and O–H groups in total. The van der Waals surface area contributed by atoms with Crippen LogP contribution in [0.4, 0.5) is 5.69 Å². The first kappa shape index (κ1) is 17.9. The van der Waals surface area contributed by atoms with E-state index in [1.165, 1.54) is 5.69 Å². The first-order valence-electron chi connectivity index (χ1n) is 9.73. The average Bonchev–Trinajstić information content (AvgIpc) is 3.16. The number of piperazine rings is 1. The van der Waals surface area contributed by atoms with Crippen LogP contribution < -0.4 is 15.5 Å². The lowest BCUT2D eigenvalue weighted by molar-refractivity contribution is 0.0945. The molecule has 2 aliphatic rings. The number of aromatic amines is 1. The maximum absolute atomic E-state index is 12.4. The number of anilines is 1. The largest absolute Gasteiger partial charge is 0.369 e. The fraction of sp³-hybridized carbons (Fsp3) is 0.526. The highest BCUT2D eigenvalue weighted by Gasteiger charge is 2.21. The number of carbonyl (C=O) groups excluding carboxylic acids is 1. The van der Waals surface area contributed by atoms with E-state index < -0.39 is 0 Å². The number of fused-ring (bicyclic) bond motifs is 1. The minimum Gasteiger partial charge on any atom is -0.369 e. The molecule has 1 amide bonds. The summed E-state index contributed by atoms with van der Waals surface area (Å²) in [6, 6.07) is 4.13. The molecule has 0 saturated carbocycles. The number of nitrogens with one attached hydrogen (secondary N) is 3. The lowest BCUT2D eigenvalue weighted by Crippen LogP contribution is -2.47. The maximum Gasteiger partial charge on any atom is 0.272 e. The van der Waals surface area contributed by atoms with Gasteiger partial charge in [0.2, 0.25) is 0 Å². The van der Waals surface area contributed by atoms with E-state index in [9.17, 15) is 4.79 Å². The minimum atomic E-state index is -0.0706. The summed E-state index contributed by atoms with van der Waals surface area (Å²) in [5, 5.41) is 13.5. The van der Waals surface area contributed by atoms with Crippen LogP contribution in [0.15, 0.2) is 24.5 Å². The van der Waals surface area contributed by atoms with Crippen molar-refractivity contribution in [2.24, 2.45) is 0 Å². The van der Waals surface area contributed by atoms with Crippen molar-refractivity contribution in [2.45, 2.75) is 19.4 Å². The van der Waals surface area contributed by atoms with Gasteiger partial charge in [-0.2, -0.15) is 5.10 Å². The van der Waals surface area contributed by atoms with E-state index in [1.807, 2.05) is 12.4 Å². The minimum absolute atomic E-state index is 0.0706. The van der Waals surface area contributed by atoms with Gasteiger partial charge in [0.15, 0.2) is 5.69 Å². The summed E-state index contributed by atoms with van der Waals surface area (Å²) < 4.78 is 0. The van der Waals surface area contributed by atoms with Crippen molar-refractivity contribution in [3.63, 3.8) is 0 Å². The van der Waals surface area contributed by atoms with E-state index in [0.717, 1.165) is 69.9 Å². The molecule has 2 aromatic heterocycles. The molecule has 0 bridgehead atoms. The van der Waals surface area contributed by atoms with Crippen molar-refractivity contribution in [1.29, 1.82) is 0 Å². The van der Waals surface area contributed by atoms with Crippen LogP contribution >= 0.6 is 0 Å². The first-order valence-corrected chi connectivity index (χ1v) is 9.73. The second-order valence-electron chi connectivity index (χ2n) is 7.10. The van der Waals surface area contributed by atoms with Crippen LogP contribution in [0.2, 0.25) is 0 Å². The van der Waals surface area contributed by atoms with E-state index >= 15 is 0 Å². The topological polar surface area (TPSA) is 89.2 Å². The standard InChI is InChI=1S/C19H27N7O/c27-19(18-16-14-21-8-4-17(16)23-24-18)22-5-1-9-25-10-12-26(13-11-25)15-2-6-20-7-3-15/h2-3,6-7,21H,1,4-5,8-14H2,(H,22,27)(H,23,24). The molecule has 144 valence electrons. The number of amides is 1. The Morgan fingerprint density at radius 2 is 2.00 bits per heavy atom. The van der Waals surface area contributed by atoms with Gasteiger partial charge < -0.3 is 15.5 Å². The van der Waals surface area contributed by atoms with Crippen molar-refractivity contribution < 1.29 is 4.79 Å². The molecule has 4 rings (SSSR count). The number of nitrogens with zero attached hydrogens (tertiary/aromatic N) is 4. The van der Waals surface area contributed by atoms with Crippen molar-refractivity contribution in [2.75, 3.05) is 50.7 Å². The molecule has 0 spiro atoms. The Morgan fingerprint density at radius 3 is 2.81 bits per heavy atom. The smallest absolute Gasteiger partial charge is 0.272 e. The van der Waals surface area contributed by atoms with Gasteiger partial charge in [0.25, 0.3) is 5.91 Å². The first-order chi connectivity index (χ1) is 13.3. The van der Waals surface area contributed by atoms with Crippen LogP contribution in [0, 0.1) is 0 Å². The highest BCUT2D eigenvalue weighted by Crippen LogP contribution is 2.16. The molecule has 8 nitrogen and oxygen atoms in total. The van der Waals surface area contributed by atoms with E-state index in [-0.39, 0.29) is 5.91 Å². The van der Waals surface area contributed by atoms with Crippen molar-refractivity contribution in [3.05, 3.63) is 41.5 Å². The predicted octanol–water partition coefficient (Wildman–Crippen LogP) is 0.393. The van der Waals surface area contributed by atoms with E-state index in [4.69, 9.17) is 0 Å². The Labute approximate surface area is 159 Å². The quantitative estimate of drug-likeness (QED) is 0.639. The number of hydrogen-bond acceptors (Lipinski definition) is 6. The molecular weight excluding hydrogens is 342 g/mol. The summed E-state index contributed by atoms with van der Waals surface area (Å²) in [4.78, 5) is 21.3. The number of carbonyl (C=O) groups is 1. The molecule has 0 aromatic carbocycles. The van der Waals surface area contributed by atoms with Gasteiger partial charge in [-0.25, -0.2) is 0 Å². The van der Waals surface area contributed by atoms with Crippen LogP contribution in [-0.2, 0) is 13.0 Å². The maximum atomic E-state index is 12.4. The highest BCUT2D eigenvalue weighted by molar-refractivity contribution is 5.94. The van der Waals surface area contributed by atoms with Crippen LogP contribution in [0.25, 0.3) is 0 Å². The summed E-state index contributed by atoms with van der Waals surface area (Å²) in [5.74, 6) is -0.0706. The molecule has 0 radical (unpaired) electrons. The van der Waals surface area contributed by atoms with Crippen LogP contribution in [0.3, 0.4) is 0 Å². The predicted molar refractivity (Wildman–Crippen MR) is 104 cm³/mol. The van der Waals surface area contributed by atoms with Crippen molar-refractivity contribution in [3.8, 4) is 0 Å². The molecule has 2 aromatic rings.